The van der Waals surface area contributed by atoms with E-state index in [-0.39, 0.29) is 0 Å². The summed E-state index contributed by atoms with van der Waals surface area (Å²) < 4.78 is 23.6. The van der Waals surface area contributed by atoms with Gasteiger partial charge in [-0.1, -0.05) is 32.0 Å². The molecule has 0 bridgehead atoms. The smallest absolute Gasteiger partial charge is 0.174 e. The van der Waals surface area contributed by atoms with E-state index in [4.69, 9.17) is 5.73 Å². The Bertz CT molecular complexity index is 976. The summed E-state index contributed by atoms with van der Waals surface area (Å²) in [6.07, 6.45) is 4.31. The summed E-state index contributed by atoms with van der Waals surface area (Å²) in [6, 6.07) is 7.74. The summed E-state index contributed by atoms with van der Waals surface area (Å²) >= 11 is 0. The van der Waals surface area contributed by atoms with Crippen LogP contribution in [0.5, 0.6) is 0 Å². The predicted molar refractivity (Wildman–Crippen MR) is 90.5 cm³/mol. The molecule has 0 saturated heterocycles. The first kappa shape index (κ1) is 15.9. The molecule has 0 aliphatic rings. The summed E-state index contributed by atoms with van der Waals surface area (Å²) in [5.74, 6) is 0. The summed E-state index contributed by atoms with van der Waals surface area (Å²) in [5.41, 5.74) is 8.40. The fraction of sp³-hybridized carbons (Fsp3) is 0.375. The van der Waals surface area contributed by atoms with Crippen LogP contribution in [-0.2, 0) is 16.3 Å². The van der Waals surface area contributed by atoms with Crippen molar-refractivity contribution in [3.8, 4) is 0 Å². The number of aromatic amines is 1. The van der Waals surface area contributed by atoms with Crippen LogP contribution in [0.4, 0.5) is 0 Å². The summed E-state index contributed by atoms with van der Waals surface area (Å²) in [4.78, 5) is 11.9. The average Bonchev–Trinajstić information content (AvgIpc) is 2.95. The van der Waals surface area contributed by atoms with E-state index in [9.17, 15) is 8.42 Å². The van der Waals surface area contributed by atoms with Crippen LogP contribution < -0.4 is 5.73 Å². The van der Waals surface area contributed by atoms with Crippen LogP contribution in [0.15, 0.2) is 24.3 Å². The number of aromatic nitrogens is 3. The highest BCUT2D eigenvalue weighted by atomic mass is 32.2. The molecular formula is C16H19N4O2S. The molecule has 23 heavy (non-hydrogen) atoms. The standard InChI is InChI=1S/C16H19N4O2S/c1-16(2,15(17)23(3,21)22)8-12-14-13(18-9-19-14)10-6-4-5-7-11(10)20-12/h4-7,15H,8,17H2,1-3H3,(H,18,19). The number of hydrogen-bond acceptors (Lipinski definition) is 5. The topological polar surface area (TPSA) is 102 Å². The number of rotatable bonds is 4. The van der Waals surface area contributed by atoms with Gasteiger partial charge < -0.3 is 10.7 Å². The van der Waals surface area contributed by atoms with E-state index in [0.717, 1.165) is 28.4 Å². The molecule has 0 aliphatic heterocycles. The third-order valence-corrected chi connectivity index (χ3v) is 5.70. The Morgan fingerprint density at radius 1 is 1.35 bits per heavy atom. The van der Waals surface area contributed by atoms with Gasteiger partial charge in [0.1, 0.15) is 10.9 Å². The van der Waals surface area contributed by atoms with Crippen LogP contribution in [-0.4, -0.2) is 35.0 Å². The Kier molecular flexibility index (Phi) is 3.65. The molecule has 6 nitrogen and oxygen atoms in total. The molecule has 121 valence electrons. The number of imidazole rings is 1. The molecule has 1 atom stereocenters. The molecule has 3 aromatic rings. The summed E-state index contributed by atoms with van der Waals surface area (Å²) in [5, 5.41) is -0.00791. The number of H-pyrrole nitrogens is 1. The van der Waals surface area contributed by atoms with Crippen molar-refractivity contribution in [1.82, 2.24) is 15.0 Å². The van der Waals surface area contributed by atoms with Gasteiger partial charge in [0, 0.05) is 11.6 Å². The molecule has 0 aliphatic carbocycles. The van der Waals surface area contributed by atoms with E-state index in [2.05, 4.69) is 21.3 Å². The van der Waals surface area contributed by atoms with Crippen molar-refractivity contribution in [3.63, 3.8) is 0 Å². The van der Waals surface area contributed by atoms with Gasteiger partial charge >= 0.3 is 0 Å². The van der Waals surface area contributed by atoms with Crippen LogP contribution in [0.25, 0.3) is 21.9 Å². The van der Waals surface area contributed by atoms with Crippen LogP contribution >= 0.6 is 0 Å². The molecule has 2 heterocycles. The van der Waals surface area contributed by atoms with E-state index in [1.807, 2.05) is 38.1 Å². The van der Waals surface area contributed by atoms with Gasteiger partial charge in [0.25, 0.3) is 0 Å². The zero-order valence-corrected chi connectivity index (χ0v) is 14.1. The maximum Gasteiger partial charge on any atom is 0.174 e. The minimum atomic E-state index is -3.35. The molecular weight excluding hydrogens is 312 g/mol. The van der Waals surface area contributed by atoms with E-state index in [1.165, 1.54) is 0 Å². The van der Waals surface area contributed by atoms with E-state index in [0.29, 0.717) is 11.9 Å². The van der Waals surface area contributed by atoms with Gasteiger partial charge in [0.15, 0.2) is 16.2 Å². The van der Waals surface area contributed by atoms with Crippen molar-refractivity contribution in [2.24, 2.45) is 11.1 Å². The summed E-state index contributed by atoms with van der Waals surface area (Å²) in [7, 11) is -3.35. The SMILES string of the molecule is CC(C)(Cc1nc2ccccc2c2[nH][c]nc12)C(N)S(C)(=O)=O. The van der Waals surface area contributed by atoms with Crippen molar-refractivity contribution in [2.45, 2.75) is 25.6 Å². The lowest BCUT2D eigenvalue weighted by Crippen LogP contribution is -2.44. The van der Waals surface area contributed by atoms with E-state index >= 15 is 0 Å². The quantitative estimate of drug-likeness (QED) is 0.759. The second-order valence-corrected chi connectivity index (χ2v) is 8.73. The van der Waals surface area contributed by atoms with Crippen LogP contribution in [0, 0.1) is 11.7 Å². The van der Waals surface area contributed by atoms with Crippen LogP contribution in [0.2, 0.25) is 0 Å². The normalized spacial score (nSPS) is 14.4. The fourth-order valence-electron chi connectivity index (χ4n) is 2.87. The van der Waals surface area contributed by atoms with Gasteiger partial charge in [-0.2, -0.15) is 0 Å². The van der Waals surface area contributed by atoms with Crippen molar-refractivity contribution < 1.29 is 8.42 Å². The lowest BCUT2D eigenvalue weighted by molar-refractivity contribution is 0.337. The number of fused-ring (bicyclic) bond motifs is 3. The van der Waals surface area contributed by atoms with E-state index in [1.54, 1.807) is 0 Å². The minimum absolute atomic E-state index is 0.404. The van der Waals surface area contributed by atoms with Crippen molar-refractivity contribution in [2.75, 3.05) is 6.26 Å². The molecule has 2 aromatic heterocycles. The highest BCUT2D eigenvalue weighted by Crippen LogP contribution is 2.31. The van der Waals surface area contributed by atoms with Crippen molar-refractivity contribution >= 4 is 31.8 Å². The first-order valence-corrected chi connectivity index (χ1v) is 9.23. The largest absolute Gasteiger partial charge is 0.335 e. The minimum Gasteiger partial charge on any atom is -0.335 e. The molecule has 1 unspecified atom stereocenters. The van der Waals surface area contributed by atoms with Gasteiger partial charge in [-0.3, -0.25) is 4.98 Å². The molecule has 0 fully saturated rings. The number of sulfone groups is 1. The second kappa shape index (κ2) is 5.28. The van der Waals surface area contributed by atoms with Crippen molar-refractivity contribution in [3.05, 3.63) is 36.3 Å². The van der Waals surface area contributed by atoms with Crippen LogP contribution in [0.3, 0.4) is 0 Å². The number of nitrogens with zero attached hydrogens (tertiary/aromatic N) is 2. The number of pyridine rings is 1. The second-order valence-electron chi connectivity index (χ2n) is 6.56. The zero-order chi connectivity index (χ0) is 16.8. The van der Waals surface area contributed by atoms with Crippen molar-refractivity contribution in [1.29, 1.82) is 0 Å². The van der Waals surface area contributed by atoms with Gasteiger partial charge in [-0.15, -0.1) is 0 Å². The molecule has 1 aromatic carbocycles. The zero-order valence-electron chi connectivity index (χ0n) is 13.3. The lowest BCUT2D eigenvalue weighted by Gasteiger charge is -2.30. The molecule has 0 amide bonds. The maximum absolute atomic E-state index is 11.8. The predicted octanol–water partition coefficient (Wildman–Crippen LogP) is 1.81. The molecule has 3 N–H and O–H groups in total. The molecule has 0 saturated carbocycles. The Balaban J connectivity index is 2.14. The number of nitrogens with one attached hydrogen (secondary N) is 1. The third-order valence-electron chi connectivity index (χ3n) is 4.14. The monoisotopic (exact) mass is 331 g/mol. The number of para-hydroxylation sites is 1. The van der Waals surface area contributed by atoms with E-state index < -0.39 is 20.6 Å². The Labute approximate surface area is 135 Å². The van der Waals surface area contributed by atoms with Crippen LogP contribution in [0.1, 0.15) is 19.5 Å². The van der Waals surface area contributed by atoms with Gasteiger partial charge in [0.05, 0.1) is 16.7 Å². The lowest BCUT2D eigenvalue weighted by atomic mass is 9.87. The number of nitrogens with two attached hydrogens (primary N) is 1. The Morgan fingerprint density at radius 3 is 2.74 bits per heavy atom. The highest BCUT2D eigenvalue weighted by molar-refractivity contribution is 7.91. The third kappa shape index (κ3) is 2.82. The van der Waals surface area contributed by atoms with Gasteiger partial charge in [-0.05, 0) is 17.9 Å². The van der Waals surface area contributed by atoms with Gasteiger partial charge in [0.2, 0.25) is 0 Å². The fourth-order valence-corrected chi connectivity index (χ4v) is 4.12. The first-order valence-electron chi connectivity index (χ1n) is 7.28. The summed E-state index contributed by atoms with van der Waals surface area (Å²) in [6.45, 7) is 3.66. The average molecular weight is 331 g/mol. The number of hydrogen-bond donors (Lipinski definition) is 2. The number of benzene rings is 1. The maximum atomic E-state index is 11.8. The Morgan fingerprint density at radius 2 is 2.04 bits per heavy atom. The molecule has 0 spiro atoms. The van der Waals surface area contributed by atoms with Gasteiger partial charge in [-0.25, -0.2) is 13.4 Å². The molecule has 3 rings (SSSR count). The molecule has 1 radical (unpaired) electrons. The highest BCUT2D eigenvalue weighted by Gasteiger charge is 2.35. The Hall–Kier alpha value is -1.99. The molecule has 7 heteroatoms. The first-order chi connectivity index (χ1) is 10.7.